The zero-order valence-corrected chi connectivity index (χ0v) is 9.43. The first-order chi connectivity index (χ1) is 6.13. The van der Waals surface area contributed by atoms with E-state index < -0.39 is 0 Å². The highest BCUT2D eigenvalue weighted by Gasteiger charge is 2.27. The van der Waals surface area contributed by atoms with Crippen molar-refractivity contribution < 1.29 is 9.53 Å². The number of hydrogen-bond donors (Lipinski definition) is 0. The van der Waals surface area contributed by atoms with Gasteiger partial charge in [0.15, 0.2) is 5.78 Å². The van der Waals surface area contributed by atoms with E-state index >= 15 is 0 Å². The van der Waals surface area contributed by atoms with Crippen LogP contribution < -0.4 is 0 Å². The number of carbonyl (C=O) groups is 1. The van der Waals surface area contributed by atoms with Gasteiger partial charge in [-0.2, -0.15) is 0 Å². The first kappa shape index (κ1) is 10.7. The third kappa shape index (κ3) is 2.29. The van der Waals surface area contributed by atoms with E-state index in [1.54, 1.807) is 13.2 Å². The summed E-state index contributed by atoms with van der Waals surface area (Å²) in [5.41, 5.74) is -0.387. The Morgan fingerprint density at radius 2 is 2.31 bits per heavy atom. The molecule has 72 valence electrons. The Kier molecular flexibility index (Phi) is 3.45. The molecule has 1 unspecified atom stereocenters. The topological polar surface area (TPSA) is 26.3 Å². The van der Waals surface area contributed by atoms with Gasteiger partial charge in [-0.05, 0) is 40.6 Å². The van der Waals surface area contributed by atoms with Crippen LogP contribution in [0.4, 0.5) is 0 Å². The first-order valence-corrected chi connectivity index (χ1v) is 5.10. The van der Waals surface area contributed by atoms with Crippen LogP contribution in [0.25, 0.3) is 0 Å². The van der Waals surface area contributed by atoms with Crippen LogP contribution in [0.15, 0.2) is 22.7 Å². The monoisotopic (exact) mass is 244 g/mol. The van der Waals surface area contributed by atoms with Crippen LogP contribution >= 0.6 is 15.9 Å². The molecule has 0 saturated carbocycles. The minimum Gasteiger partial charge on any atom is -0.370 e. The Morgan fingerprint density at radius 1 is 1.62 bits per heavy atom. The molecule has 1 aliphatic carbocycles. The minimum atomic E-state index is -0.387. The van der Waals surface area contributed by atoms with Gasteiger partial charge in [0.2, 0.25) is 0 Å². The average Bonchev–Trinajstić information content (AvgIpc) is 2.12. The van der Waals surface area contributed by atoms with Gasteiger partial charge in [0.25, 0.3) is 0 Å². The van der Waals surface area contributed by atoms with Crippen LogP contribution in [0.5, 0.6) is 0 Å². The molecule has 0 fully saturated rings. The number of halogens is 1. The van der Waals surface area contributed by atoms with Crippen LogP contribution in [-0.2, 0) is 9.53 Å². The fourth-order valence-corrected chi connectivity index (χ4v) is 1.93. The third-order valence-electron chi connectivity index (χ3n) is 2.14. The van der Waals surface area contributed by atoms with Crippen molar-refractivity contribution in [3.63, 3.8) is 0 Å². The van der Waals surface area contributed by atoms with E-state index in [1.165, 1.54) is 0 Å². The fraction of sp³-hybridized carbons (Fsp3) is 0.500. The Bertz CT molecular complexity index is 268. The van der Waals surface area contributed by atoms with E-state index in [-0.39, 0.29) is 11.4 Å². The Hall–Kier alpha value is -0.410. The molecule has 0 aromatic carbocycles. The summed E-state index contributed by atoms with van der Waals surface area (Å²) < 4.78 is 5.98. The summed E-state index contributed by atoms with van der Waals surface area (Å²) in [5.74, 6) is 0.00350. The maximum atomic E-state index is 11.1. The normalized spacial score (nSPS) is 27.6. The molecule has 0 spiro atoms. The second-order valence-corrected chi connectivity index (χ2v) is 3.95. The lowest BCUT2D eigenvalue weighted by Gasteiger charge is -2.27. The van der Waals surface area contributed by atoms with E-state index in [1.807, 2.05) is 12.2 Å². The summed E-state index contributed by atoms with van der Waals surface area (Å²) >= 11 is 3.22. The van der Waals surface area contributed by atoms with Crippen LogP contribution in [0, 0.1) is 0 Å². The molecule has 0 radical (unpaired) electrons. The van der Waals surface area contributed by atoms with Crippen molar-refractivity contribution in [2.24, 2.45) is 0 Å². The van der Waals surface area contributed by atoms with E-state index in [0.29, 0.717) is 4.48 Å². The summed E-state index contributed by atoms with van der Waals surface area (Å²) in [6, 6.07) is 0. The molecule has 0 bridgehead atoms. The molecule has 2 nitrogen and oxygen atoms in total. The molecule has 3 heteroatoms. The summed E-state index contributed by atoms with van der Waals surface area (Å²) in [6.07, 6.45) is 7.12. The van der Waals surface area contributed by atoms with Gasteiger partial charge in [-0.15, -0.1) is 0 Å². The van der Waals surface area contributed by atoms with E-state index in [2.05, 4.69) is 22.9 Å². The summed E-state index contributed by atoms with van der Waals surface area (Å²) in [5, 5.41) is 0. The Morgan fingerprint density at radius 3 is 2.77 bits per heavy atom. The Balaban J connectivity index is 2.90. The zero-order chi connectivity index (χ0) is 9.90. The first-order valence-electron chi connectivity index (χ1n) is 4.30. The van der Waals surface area contributed by atoms with Gasteiger partial charge in [0.1, 0.15) is 5.60 Å². The smallest absolute Gasteiger partial charge is 0.192 e. The molecular formula is C10H13BrO2. The van der Waals surface area contributed by atoms with Crippen molar-refractivity contribution in [2.45, 2.75) is 25.4 Å². The molecule has 0 aromatic rings. The highest BCUT2D eigenvalue weighted by Crippen LogP contribution is 2.28. The molecular weight excluding hydrogens is 232 g/mol. The number of rotatable bonds is 3. The SMILES string of the molecule is CCCC1(OC)C=CC(=O)C(Br)=C1. The summed E-state index contributed by atoms with van der Waals surface area (Å²) in [6.45, 7) is 2.09. The van der Waals surface area contributed by atoms with Crippen LogP contribution in [0.2, 0.25) is 0 Å². The third-order valence-corrected chi connectivity index (χ3v) is 2.76. The maximum Gasteiger partial charge on any atom is 0.192 e. The van der Waals surface area contributed by atoms with Gasteiger partial charge in [0, 0.05) is 7.11 Å². The number of allylic oxidation sites excluding steroid dienone is 2. The number of methoxy groups -OCH3 is 1. The molecule has 1 atom stereocenters. The van der Waals surface area contributed by atoms with Gasteiger partial charge in [-0.3, -0.25) is 4.79 Å². The molecule has 0 saturated heterocycles. The molecule has 1 aliphatic rings. The van der Waals surface area contributed by atoms with Crippen molar-refractivity contribution >= 4 is 21.7 Å². The van der Waals surface area contributed by atoms with E-state index in [9.17, 15) is 4.79 Å². The molecule has 0 aromatic heterocycles. The quantitative estimate of drug-likeness (QED) is 0.763. The number of carbonyl (C=O) groups excluding carboxylic acids is 1. The standard InChI is InChI=1S/C10H13BrO2/c1-3-5-10(13-2)6-4-9(12)8(11)7-10/h4,6-7H,3,5H2,1-2H3. The lowest BCUT2D eigenvalue weighted by Crippen LogP contribution is -2.29. The minimum absolute atomic E-state index is 0.00350. The Labute approximate surface area is 86.8 Å². The number of ketones is 1. The van der Waals surface area contributed by atoms with Crippen LogP contribution in [0.1, 0.15) is 19.8 Å². The van der Waals surface area contributed by atoms with Gasteiger partial charge >= 0.3 is 0 Å². The average molecular weight is 245 g/mol. The second kappa shape index (κ2) is 4.20. The van der Waals surface area contributed by atoms with Crippen molar-refractivity contribution in [3.8, 4) is 0 Å². The highest BCUT2D eigenvalue weighted by atomic mass is 79.9. The number of hydrogen-bond acceptors (Lipinski definition) is 2. The lowest BCUT2D eigenvalue weighted by atomic mass is 9.92. The molecule has 0 aliphatic heterocycles. The van der Waals surface area contributed by atoms with Gasteiger partial charge < -0.3 is 4.74 Å². The van der Waals surface area contributed by atoms with E-state index in [4.69, 9.17) is 4.74 Å². The van der Waals surface area contributed by atoms with Gasteiger partial charge in [0.05, 0.1) is 4.48 Å². The predicted molar refractivity (Wildman–Crippen MR) is 55.8 cm³/mol. The molecule has 1 rings (SSSR count). The van der Waals surface area contributed by atoms with Crippen molar-refractivity contribution in [1.82, 2.24) is 0 Å². The molecule has 0 amide bonds. The van der Waals surface area contributed by atoms with Crippen molar-refractivity contribution in [1.29, 1.82) is 0 Å². The van der Waals surface area contributed by atoms with Crippen LogP contribution in [-0.4, -0.2) is 18.5 Å². The highest BCUT2D eigenvalue weighted by molar-refractivity contribution is 9.12. The fourth-order valence-electron chi connectivity index (χ4n) is 1.41. The predicted octanol–water partition coefficient (Wildman–Crippen LogP) is 2.59. The largest absolute Gasteiger partial charge is 0.370 e. The van der Waals surface area contributed by atoms with Crippen molar-refractivity contribution in [3.05, 3.63) is 22.7 Å². The zero-order valence-electron chi connectivity index (χ0n) is 7.84. The van der Waals surface area contributed by atoms with Gasteiger partial charge in [-0.25, -0.2) is 0 Å². The van der Waals surface area contributed by atoms with Crippen molar-refractivity contribution in [2.75, 3.05) is 7.11 Å². The van der Waals surface area contributed by atoms with Crippen LogP contribution in [0.3, 0.4) is 0 Å². The summed E-state index contributed by atoms with van der Waals surface area (Å²) in [4.78, 5) is 11.1. The number of ether oxygens (including phenoxy) is 1. The van der Waals surface area contributed by atoms with E-state index in [0.717, 1.165) is 12.8 Å². The second-order valence-electron chi connectivity index (χ2n) is 3.10. The summed E-state index contributed by atoms with van der Waals surface area (Å²) in [7, 11) is 1.66. The molecule has 0 heterocycles. The lowest BCUT2D eigenvalue weighted by molar-refractivity contribution is -0.111. The molecule has 13 heavy (non-hydrogen) atoms. The molecule has 0 N–H and O–H groups in total. The van der Waals surface area contributed by atoms with Gasteiger partial charge in [-0.1, -0.05) is 13.3 Å². The maximum absolute atomic E-state index is 11.1.